The van der Waals surface area contributed by atoms with Crippen molar-refractivity contribution in [1.29, 1.82) is 0 Å². The molecule has 3 aromatic rings. The molecule has 0 fully saturated rings. The fraction of sp³-hybridized carbons (Fsp3) is 0.0625. The Morgan fingerprint density at radius 3 is 2.52 bits per heavy atom. The maximum absolute atomic E-state index is 11.4. The maximum atomic E-state index is 11.4. The van der Waals surface area contributed by atoms with E-state index in [2.05, 4.69) is 9.97 Å². The van der Waals surface area contributed by atoms with Crippen molar-refractivity contribution in [3.63, 3.8) is 0 Å². The number of carboxylic acids is 1. The highest BCUT2D eigenvalue weighted by atomic mass is 32.1. The Morgan fingerprint density at radius 1 is 1.10 bits per heavy atom. The Bertz CT molecular complexity index is 754. The molecular weight excluding hydrogens is 284 g/mol. The number of pyridine rings is 1. The summed E-state index contributed by atoms with van der Waals surface area (Å²) in [4.78, 5) is 20.4. The van der Waals surface area contributed by atoms with E-state index in [0.717, 1.165) is 16.3 Å². The number of hydrogen-bond donors (Lipinski definition) is 1. The van der Waals surface area contributed by atoms with E-state index in [4.69, 9.17) is 0 Å². The summed E-state index contributed by atoms with van der Waals surface area (Å²) in [5.74, 6) is -0.946. The van der Waals surface area contributed by atoms with Gasteiger partial charge in [0.05, 0.1) is 5.69 Å². The Morgan fingerprint density at radius 2 is 1.86 bits per heavy atom. The molecule has 0 aliphatic heterocycles. The fourth-order valence-electron chi connectivity index (χ4n) is 2.03. The van der Waals surface area contributed by atoms with Gasteiger partial charge in [-0.1, -0.05) is 36.4 Å². The molecule has 0 saturated heterocycles. The van der Waals surface area contributed by atoms with Gasteiger partial charge in [-0.2, -0.15) is 0 Å². The molecule has 0 spiro atoms. The summed E-state index contributed by atoms with van der Waals surface area (Å²) in [5.41, 5.74) is 2.22. The van der Waals surface area contributed by atoms with E-state index in [0.29, 0.717) is 12.1 Å². The van der Waals surface area contributed by atoms with Crippen LogP contribution in [0.4, 0.5) is 0 Å². The van der Waals surface area contributed by atoms with E-state index in [1.165, 1.54) is 11.3 Å². The van der Waals surface area contributed by atoms with Crippen LogP contribution in [0.25, 0.3) is 11.3 Å². The van der Waals surface area contributed by atoms with Crippen molar-refractivity contribution < 1.29 is 9.90 Å². The minimum atomic E-state index is -0.946. The molecule has 0 radical (unpaired) electrons. The Kier molecular flexibility index (Phi) is 3.75. The van der Waals surface area contributed by atoms with Crippen LogP contribution in [0.1, 0.15) is 20.4 Å². The van der Waals surface area contributed by atoms with Crippen LogP contribution in [0.5, 0.6) is 0 Å². The Labute approximate surface area is 125 Å². The maximum Gasteiger partial charge on any atom is 0.348 e. The third-order valence-electron chi connectivity index (χ3n) is 2.97. The van der Waals surface area contributed by atoms with E-state index in [1.807, 2.05) is 48.5 Å². The minimum Gasteiger partial charge on any atom is -0.477 e. The van der Waals surface area contributed by atoms with Crippen molar-refractivity contribution in [2.75, 3.05) is 0 Å². The normalized spacial score (nSPS) is 10.5. The molecule has 0 aliphatic carbocycles. The van der Waals surface area contributed by atoms with E-state index >= 15 is 0 Å². The number of aromatic carboxylic acids is 1. The monoisotopic (exact) mass is 296 g/mol. The highest BCUT2D eigenvalue weighted by Gasteiger charge is 2.18. The van der Waals surface area contributed by atoms with Crippen LogP contribution >= 0.6 is 11.3 Å². The lowest BCUT2D eigenvalue weighted by molar-refractivity contribution is 0.0702. The van der Waals surface area contributed by atoms with Gasteiger partial charge < -0.3 is 5.11 Å². The number of nitrogens with zero attached hydrogens (tertiary/aromatic N) is 2. The van der Waals surface area contributed by atoms with E-state index in [9.17, 15) is 9.90 Å². The number of benzene rings is 1. The zero-order valence-electron chi connectivity index (χ0n) is 11.1. The molecule has 5 heteroatoms. The van der Waals surface area contributed by atoms with Crippen LogP contribution < -0.4 is 0 Å². The first-order valence-electron chi connectivity index (χ1n) is 6.42. The van der Waals surface area contributed by atoms with Gasteiger partial charge in [0.15, 0.2) is 0 Å². The van der Waals surface area contributed by atoms with Crippen molar-refractivity contribution in [3.8, 4) is 11.3 Å². The minimum absolute atomic E-state index is 0.270. The first-order valence-corrected chi connectivity index (χ1v) is 7.24. The third kappa shape index (κ3) is 2.98. The van der Waals surface area contributed by atoms with Gasteiger partial charge in [0.2, 0.25) is 0 Å². The van der Waals surface area contributed by atoms with E-state index in [-0.39, 0.29) is 4.88 Å². The second-order valence-corrected chi connectivity index (χ2v) is 5.54. The number of thiazole rings is 1. The molecule has 2 heterocycles. The zero-order valence-corrected chi connectivity index (χ0v) is 11.9. The Balaban J connectivity index is 1.99. The molecule has 104 valence electrons. The summed E-state index contributed by atoms with van der Waals surface area (Å²) in [7, 11) is 0. The molecular formula is C16H12N2O2S. The van der Waals surface area contributed by atoms with Crippen LogP contribution in [-0.2, 0) is 6.42 Å². The SMILES string of the molecule is O=C(O)c1sc(Cc2ccccn2)nc1-c1ccccc1. The van der Waals surface area contributed by atoms with Crippen molar-refractivity contribution in [3.05, 3.63) is 70.3 Å². The lowest BCUT2D eigenvalue weighted by atomic mass is 10.1. The molecule has 21 heavy (non-hydrogen) atoms. The van der Waals surface area contributed by atoms with Crippen molar-refractivity contribution >= 4 is 17.3 Å². The standard InChI is InChI=1S/C16H12N2O2S/c19-16(20)15-14(11-6-2-1-3-7-11)18-13(21-15)10-12-8-4-5-9-17-12/h1-9H,10H2,(H,19,20). The second kappa shape index (κ2) is 5.85. The average molecular weight is 296 g/mol. The Hall–Kier alpha value is -2.53. The first-order chi connectivity index (χ1) is 10.2. The van der Waals surface area contributed by atoms with Gasteiger partial charge in [-0.05, 0) is 12.1 Å². The number of carboxylic acid groups (broad SMARTS) is 1. The number of hydrogen-bond acceptors (Lipinski definition) is 4. The number of carbonyl (C=O) groups is 1. The molecule has 0 bridgehead atoms. The highest BCUT2D eigenvalue weighted by Crippen LogP contribution is 2.29. The first kappa shape index (κ1) is 13.5. The lowest BCUT2D eigenvalue weighted by Crippen LogP contribution is -1.95. The molecule has 1 N–H and O–H groups in total. The lowest BCUT2D eigenvalue weighted by Gasteiger charge is -1.97. The predicted octanol–water partition coefficient (Wildman–Crippen LogP) is 3.49. The molecule has 3 rings (SSSR count). The van der Waals surface area contributed by atoms with Crippen LogP contribution in [0.2, 0.25) is 0 Å². The largest absolute Gasteiger partial charge is 0.477 e. The quantitative estimate of drug-likeness (QED) is 0.800. The summed E-state index contributed by atoms with van der Waals surface area (Å²) in [6, 6.07) is 15.0. The number of rotatable bonds is 4. The summed E-state index contributed by atoms with van der Waals surface area (Å²) >= 11 is 1.21. The number of aromatic nitrogens is 2. The van der Waals surface area contributed by atoms with Gasteiger partial charge in [0, 0.05) is 23.9 Å². The molecule has 1 aromatic carbocycles. The highest BCUT2D eigenvalue weighted by molar-refractivity contribution is 7.14. The zero-order chi connectivity index (χ0) is 14.7. The van der Waals surface area contributed by atoms with E-state index < -0.39 is 5.97 Å². The molecule has 0 aliphatic rings. The third-order valence-corrected chi connectivity index (χ3v) is 4.01. The van der Waals surface area contributed by atoms with Crippen molar-refractivity contribution in [1.82, 2.24) is 9.97 Å². The van der Waals surface area contributed by atoms with Gasteiger partial charge in [0.25, 0.3) is 0 Å². The molecule has 4 nitrogen and oxygen atoms in total. The predicted molar refractivity (Wildman–Crippen MR) is 81.6 cm³/mol. The average Bonchev–Trinajstić information content (AvgIpc) is 2.93. The van der Waals surface area contributed by atoms with Gasteiger partial charge in [-0.3, -0.25) is 4.98 Å². The van der Waals surface area contributed by atoms with Gasteiger partial charge >= 0.3 is 5.97 Å². The van der Waals surface area contributed by atoms with Crippen LogP contribution in [0, 0.1) is 0 Å². The van der Waals surface area contributed by atoms with Crippen LogP contribution in [0.3, 0.4) is 0 Å². The van der Waals surface area contributed by atoms with E-state index in [1.54, 1.807) is 6.20 Å². The topological polar surface area (TPSA) is 63.1 Å². The fourth-order valence-corrected chi connectivity index (χ4v) is 2.97. The summed E-state index contributed by atoms with van der Waals surface area (Å²) in [6.45, 7) is 0. The van der Waals surface area contributed by atoms with Crippen LogP contribution in [-0.4, -0.2) is 21.0 Å². The molecule has 0 atom stereocenters. The van der Waals surface area contributed by atoms with Gasteiger partial charge in [-0.25, -0.2) is 9.78 Å². The smallest absolute Gasteiger partial charge is 0.348 e. The second-order valence-electron chi connectivity index (χ2n) is 4.45. The van der Waals surface area contributed by atoms with Gasteiger partial charge in [-0.15, -0.1) is 11.3 Å². The van der Waals surface area contributed by atoms with Crippen LogP contribution in [0.15, 0.2) is 54.7 Å². The molecule has 0 unspecified atom stereocenters. The van der Waals surface area contributed by atoms with Crippen molar-refractivity contribution in [2.45, 2.75) is 6.42 Å². The summed E-state index contributed by atoms with van der Waals surface area (Å²) in [6.07, 6.45) is 2.26. The summed E-state index contributed by atoms with van der Waals surface area (Å²) < 4.78 is 0. The molecule has 2 aromatic heterocycles. The summed E-state index contributed by atoms with van der Waals surface area (Å²) in [5, 5.41) is 10.1. The molecule has 0 saturated carbocycles. The van der Waals surface area contributed by atoms with Crippen molar-refractivity contribution in [2.24, 2.45) is 0 Å². The van der Waals surface area contributed by atoms with Gasteiger partial charge in [0.1, 0.15) is 9.88 Å². The molecule has 0 amide bonds.